The van der Waals surface area contributed by atoms with E-state index >= 15 is 0 Å². The Morgan fingerprint density at radius 2 is 2.33 bits per heavy atom. The molecule has 4 heteroatoms. The highest BCUT2D eigenvalue weighted by molar-refractivity contribution is 5.90. The number of amides is 1. The van der Waals surface area contributed by atoms with Gasteiger partial charge in [-0.15, -0.1) is 0 Å². The average Bonchev–Trinajstić information content (AvgIpc) is 1.82. The van der Waals surface area contributed by atoms with E-state index in [1.807, 2.05) is 0 Å². The van der Waals surface area contributed by atoms with Gasteiger partial charge in [0.05, 0.1) is 5.92 Å². The Morgan fingerprint density at radius 1 is 1.78 bits per heavy atom. The Balaban J connectivity index is 3.68. The quantitative estimate of drug-likeness (QED) is 0.366. The molecule has 0 heterocycles. The fourth-order valence-corrected chi connectivity index (χ4v) is 0.416. The van der Waals surface area contributed by atoms with E-state index in [9.17, 15) is 9.59 Å². The van der Waals surface area contributed by atoms with Crippen molar-refractivity contribution >= 4 is 12.2 Å². The van der Waals surface area contributed by atoms with Crippen LogP contribution in [0.25, 0.3) is 0 Å². The summed E-state index contributed by atoms with van der Waals surface area (Å²) in [5.74, 6) is -1.51. The number of carbonyl (C=O) groups is 2. The number of primary amides is 1. The molecule has 0 aromatic rings. The van der Waals surface area contributed by atoms with Crippen LogP contribution in [0.1, 0.15) is 6.42 Å². The molecule has 0 aromatic carbocycles. The van der Waals surface area contributed by atoms with Crippen LogP contribution in [0, 0.1) is 5.92 Å². The zero-order valence-electron chi connectivity index (χ0n) is 4.91. The van der Waals surface area contributed by atoms with Gasteiger partial charge in [-0.05, 0) is 6.42 Å². The first-order chi connectivity index (χ1) is 4.22. The summed E-state index contributed by atoms with van der Waals surface area (Å²) in [6.07, 6.45) is 0.567. The van der Waals surface area contributed by atoms with Crippen LogP contribution < -0.4 is 5.73 Å². The van der Waals surface area contributed by atoms with Crippen molar-refractivity contribution in [3.8, 4) is 0 Å². The zero-order valence-corrected chi connectivity index (χ0v) is 4.91. The van der Waals surface area contributed by atoms with E-state index < -0.39 is 11.8 Å². The summed E-state index contributed by atoms with van der Waals surface area (Å²) in [6, 6.07) is 0. The van der Waals surface area contributed by atoms with Gasteiger partial charge in [-0.2, -0.15) is 0 Å². The first-order valence-electron chi connectivity index (χ1n) is 2.57. The Kier molecular flexibility index (Phi) is 3.62. The molecule has 4 nitrogen and oxygen atoms in total. The van der Waals surface area contributed by atoms with Crippen LogP contribution in [0.4, 0.5) is 0 Å². The van der Waals surface area contributed by atoms with Crippen LogP contribution in [0.5, 0.6) is 0 Å². The van der Waals surface area contributed by atoms with E-state index in [1.165, 1.54) is 0 Å². The minimum absolute atomic E-state index is 0.124. The standard InChI is InChI=1S/C5H9NO3/c6-5(9)4(3-8)1-2-7/h3-4,7H,1-2H2,(H2,6,9). The molecular formula is C5H9NO3. The van der Waals surface area contributed by atoms with Crippen molar-refractivity contribution in [3.05, 3.63) is 0 Å². The maximum Gasteiger partial charge on any atom is 0.227 e. The third kappa shape index (κ3) is 2.81. The molecule has 3 N–H and O–H groups in total. The van der Waals surface area contributed by atoms with Gasteiger partial charge >= 0.3 is 0 Å². The first-order valence-corrected chi connectivity index (χ1v) is 2.57. The van der Waals surface area contributed by atoms with Crippen LogP contribution >= 0.6 is 0 Å². The molecule has 0 radical (unpaired) electrons. The van der Waals surface area contributed by atoms with E-state index in [1.54, 1.807) is 0 Å². The van der Waals surface area contributed by atoms with Gasteiger partial charge in [0.25, 0.3) is 0 Å². The lowest BCUT2D eigenvalue weighted by Gasteiger charge is -1.99. The second-order valence-corrected chi connectivity index (χ2v) is 1.66. The summed E-state index contributed by atoms with van der Waals surface area (Å²) in [7, 11) is 0. The highest BCUT2D eigenvalue weighted by atomic mass is 16.3. The topological polar surface area (TPSA) is 80.4 Å². The van der Waals surface area contributed by atoms with Gasteiger partial charge in [-0.25, -0.2) is 0 Å². The molecule has 0 spiro atoms. The van der Waals surface area contributed by atoms with Gasteiger partial charge in [0.15, 0.2) is 0 Å². The molecular weight excluding hydrogens is 122 g/mol. The largest absolute Gasteiger partial charge is 0.396 e. The number of hydrogen-bond donors (Lipinski definition) is 2. The normalized spacial score (nSPS) is 12.6. The van der Waals surface area contributed by atoms with Crippen LogP contribution in [-0.4, -0.2) is 23.9 Å². The first kappa shape index (κ1) is 8.10. The molecule has 1 atom stereocenters. The van der Waals surface area contributed by atoms with Crippen molar-refractivity contribution in [2.75, 3.05) is 6.61 Å². The van der Waals surface area contributed by atoms with Crippen molar-refractivity contribution in [1.29, 1.82) is 0 Å². The minimum atomic E-state index is -0.824. The van der Waals surface area contributed by atoms with Crippen molar-refractivity contribution in [2.45, 2.75) is 6.42 Å². The van der Waals surface area contributed by atoms with Crippen molar-refractivity contribution < 1.29 is 14.7 Å². The number of nitrogens with two attached hydrogens (primary N) is 1. The molecule has 0 rings (SSSR count). The molecule has 0 bridgehead atoms. The monoisotopic (exact) mass is 131 g/mol. The smallest absolute Gasteiger partial charge is 0.227 e. The number of aliphatic hydroxyl groups is 1. The van der Waals surface area contributed by atoms with Gasteiger partial charge < -0.3 is 15.6 Å². The Morgan fingerprint density at radius 3 is 2.44 bits per heavy atom. The number of carbonyl (C=O) groups excluding carboxylic acids is 2. The minimum Gasteiger partial charge on any atom is -0.396 e. The molecule has 0 aliphatic heterocycles. The van der Waals surface area contributed by atoms with Crippen molar-refractivity contribution in [2.24, 2.45) is 11.7 Å². The number of aliphatic hydroxyl groups excluding tert-OH is 1. The molecule has 0 saturated carbocycles. The highest BCUT2D eigenvalue weighted by Crippen LogP contribution is 1.94. The van der Waals surface area contributed by atoms with Gasteiger partial charge in [0, 0.05) is 6.61 Å². The summed E-state index contributed by atoms with van der Waals surface area (Å²) in [5.41, 5.74) is 4.75. The molecule has 0 aromatic heterocycles. The third-order valence-corrected chi connectivity index (χ3v) is 0.970. The third-order valence-electron chi connectivity index (χ3n) is 0.970. The molecule has 52 valence electrons. The fourth-order valence-electron chi connectivity index (χ4n) is 0.416. The lowest BCUT2D eigenvalue weighted by atomic mass is 10.1. The predicted molar refractivity (Wildman–Crippen MR) is 30.5 cm³/mol. The predicted octanol–water partition coefficient (Wildman–Crippen LogP) is -1.33. The molecule has 0 saturated heterocycles. The Labute approximate surface area is 52.7 Å². The van der Waals surface area contributed by atoms with Gasteiger partial charge in [0.2, 0.25) is 5.91 Å². The van der Waals surface area contributed by atoms with Gasteiger partial charge in [-0.1, -0.05) is 0 Å². The molecule has 0 aliphatic carbocycles. The zero-order chi connectivity index (χ0) is 7.28. The number of hydrogen-bond acceptors (Lipinski definition) is 3. The van der Waals surface area contributed by atoms with Crippen LogP contribution in [0.2, 0.25) is 0 Å². The van der Waals surface area contributed by atoms with Crippen molar-refractivity contribution in [1.82, 2.24) is 0 Å². The lowest BCUT2D eigenvalue weighted by Crippen LogP contribution is -2.25. The number of rotatable bonds is 4. The second kappa shape index (κ2) is 4.03. The molecule has 0 aliphatic rings. The van der Waals surface area contributed by atoms with Crippen LogP contribution in [0.3, 0.4) is 0 Å². The van der Waals surface area contributed by atoms with E-state index in [2.05, 4.69) is 0 Å². The second-order valence-electron chi connectivity index (χ2n) is 1.66. The van der Waals surface area contributed by atoms with E-state index in [0.29, 0.717) is 6.29 Å². The molecule has 1 unspecified atom stereocenters. The Bertz CT molecular complexity index is 113. The van der Waals surface area contributed by atoms with Gasteiger partial charge in [-0.3, -0.25) is 4.79 Å². The van der Waals surface area contributed by atoms with Crippen LogP contribution in [0.15, 0.2) is 0 Å². The van der Waals surface area contributed by atoms with Crippen LogP contribution in [-0.2, 0) is 9.59 Å². The molecule has 1 amide bonds. The summed E-state index contributed by atoms with van der Waals surface area (Å²) in [4.78, 5) is 20.1. The van der Waals surface area contributed by atoms with E-state index in [4.69, 9.17) is 10.8 Å². The summed E-state index contributed by atoms with van der Waals surface area (Å²) in [6.45, 7) is -0.188. The summed E-state index contributed by atoms with van der Waals surface area (Å²) in [5, 5.41) is 8.25. The number of aldehydes is 1. The average molecular weight is 131 g/mol. The van der Waals surface area contributed by atoms with Crippen molar-refractivity contribution in [3.63, 3.8) is 0 Å². The SMILES string of the molecule is NC(=O)C(C=O)CCO. The van der Waals surface area contributed by atoms with Gasteiger partial charge in [0.1, 0.15) is 6.29 Å². The van der Waals surface area contributed by atoms with E-state index in [-0.39, 0.29) is 13.0 Å². The summed E-state index contributed by atoms with van der Waals surface area (Å²) >= 11 is 0. The highest BCUT2D eigenvalue weighted by Gasteiger charge is 2.11. The maximum absolute atomic E-state index is 10.2. The lowest BCUT2D eigenvalue weighted by molar-refractivity contribution is -0.127. The summed E-state index contributed by atoms with van der Waals surface area (Å²) < 4.78 is 0. The molecule has 9 heavy (non-hydrogen) atoms. The van der Waals surface area contributed by atoms with E-state index in [0.717, 1.165) is 0 Å². The maximum atomic E-state index is 10.2. The Hall–Kier alpha value is -0.900. The fraction of sp³-hybridized carbons (Fsp3) is 0.600. The molecule has 0 fully saturated rings.